The van der Waals surface area contributed by atoms with E-state index in [-0.39, 0.29) is 17.2 Å². The highest BCUT2D eigenvalue weighted by molar-refractivity contribution is 6.04. The Balaban J connectivity index is 2.21. The lowest BCUT2D eigenvalue weighted by Crippen LogP contribution is -2.12. The van der Waals surface area contributed by atoms with Crippen LogP contribution in [0.1, 0.15) is 35.7 Å². The summed E-state index contributed by atoms with van der Waals surface area (Å²) in [6.07, 6.45) is 0. The molecule has 0 atom stereocenters. The molecule has 0 aliphatic rings. The smallest absolute Gasteiger partial charge is 0.255 e. The second-order valence-corrected chi connectivity index (χ2v) is 5.01. The van der Waals surface area contributed by atoms with E-state index in [1.54, 1.807) is 6.07 Å². The molecule has 0 saturated heterocycles. The maximum absolute atomic E-state index is 13.2. The van der Waals surface area contributed by atoms with E-state index in [2.05, 4.69) is 19.2 Å². The fourth-order valence-electron chi connectivity index (χ4n) is 1.92. The third-order valence-electron chi connectivity index (χ3n) is 2.99. The van der Waals surface area contributed by atoms with Gasteiger partial charge in [0.15, 0.2) is 0 Å². The Morgan fingerprint density at radius 1 is 1.20 bits per heavy atom. The van der Waals surface area contributed by atoms with Gasteiger partial charge in [0.05, 0.1) is 0 Å². The number of rotatable bonds is 3. The predicted octanol–water partition coefficient (Wildman–Crippen LogP) is 3.78. The van der Waals surface area contributed by atoms with Crippen LogP contribution in [0.15, 0.2) is 42.5 Å². The van der Waals surface area contributed by atoms with Crippen molar-refractivity contribution in [2.24, 2.45) is 0 Å². The van der Waals surface area contributed by atoms with Crippen LogP contribution in [0.2, 0.25) is 0 Å². The molecule has 0 bridgehead atoms. The van der Waals surface area contributed by atoms with Crippen LogP contribution in [0.4, 0.5) is 15.8 Å². The standard InChI is InChI=1S/C16H17FN2O/c1-10(2)11-4-3-5-15(8-11)19-16(20)12-6-13(17)9-14(18)7-12/h3-10H,18H2,1-2H3,(H,19,20). The summed E-state index contributed by atoms with van der Waals surface area (Å²) >= 11 is 0. The highest BCUT2D eigenvalue weighted by Gasteiger charge is 2.09. The highest BCUT2D eigenvalue weighted by atomic mass is 19.1. The molecule has 0 spiro atoms. The first kappa shape index (κ1) is 14.1. The van der Waals surface area contributed by atoms with Gasteiger partial charge in [-0.15, -0.1) is 0 Å². The minimum atomic E-state index is -0.522. The van der Waals surface area contributed by atoms with E-state index in [0.717, 1.165) is 11.6 Å². The lowest BCUT2D eigenvalue weighted by molar-refractivity contribution is 0.102. The summed E-state index contributed by atoms with van der Waals surface area (Å²) in [7, 11) is 0. The Bertz CT molecular complexity index is 618. The lowest BCUT2D eigenvalue weighted by Gasteiger charge is -2.10. The van der Waals surface area contributed by atoms with Gasteiger partial charge in [-0.05, 0) is 41.8 Å². The first-order valence-corrected chi connectivity index (χ1v) is 6.43. The summed E-state index contributed by atoms with van der Waals surface area (Å²) in [4.78, 5) is 12.1. The SMILES string of the molecule is CC(C)c1cccc(NC(=O)c2cc(N)cc(F)c2)c1. The zero-order chi connectivity index (χ0) is 14.7. The van der Waals surface area contributed by atoms with E-state index in [9.17, 15) is 9.18 Å². The molecule has 0 unspecified atom stereocenters. The fourth-order valence-corrected chi connectivity index (χ4v) is 1.92. The van der Waals surface area contributed by atoms with Gasteiger partial charge in [-0.3, -0.25) is 4.79 Å². The summed E-state index contributed by atoms with van der Waals surface area (Å²) in [5.41, 5.74) is 7.78. The number of hydrogen-bond acceptors (Lipinski definition) is 2. The van der Waals surface area contributed by atoms with Gasteiger partial charge in [0.1, 0.15) is 5.82 Å². The second-order valence-electron chi connectivity index (χ2n) is 5.01. The van der Waals surface area contributed by atoms with Crippen LogP contribution >= 0.6 is 0 Å². The van der Waals surface area contributed by atoms with E-state index in [1.165, 1.54) is 12.1 Å². The second kappa shape index (κ2) is 5.74. The topological polar surface area (TPSA) is 55.1 Å². The first-order valence-electron chi connectivity index (χ1n) is 6.43. The van der Waals surface area contributed by atoms with Crippen molar-refractivity contribution in [1.29, 1.82) is 0 Å². The zero-order valence-corrected chi connectivity index (χ0v) is 11.5. The van der Waals surface area contributed by atoms with E-state index >= 15 is 0 Å². The third kappa shape index (κ3) is 3.35. The molecule has 104 valence electrons. The Hall–Kier alpha value is -2.36. The predicted molar refractivity (Wildman–Crippen MR) is 79.3 cm³/mol. The highest BCUT2D eigenvalue weighted by Crippen LogP contribution is 2.19. The molecule has 3 nitrogen and oxygen atoms in total. The number of nitrogens with two attached hydrogens (primary N) is 1. The van der Waals surface area contributed by atoms with Crippen LogP contribution in [-0.4, -0.2) is 5.91 Å². The van der Waals surface area contributed by atoms with Gasteiger partial charge in [0.25, 0.3) is 5.91 Å². The average Bonchev–Trinajstić information content (AvgIpc) is 2.37. The Morgan fingerprint density at radius 3 is 2.60 bits per heavy atom. The van der Waals surface area contributed by atoms with Gasteiger partial charge in [-0.2, -0.15) is 0 Å². The minimum absolute atomic E-state index is 0.206. The first-order chi connectivity index (χ1) is 9.45. The van der Waals surface area contributed by atoms with Gasteiger partial charge < -0.3 is 11.1 Å². The summed E-state index contributed by atoms with van der Waals surface area (Å²) in [5, 5.41) is 2.75. The van der Waals surface area contributed by atoms with Crippen LogP contribution in [0.25, 0.3) is 0 Å². The van der Waals surface area contributed by atoms with Crippen molar-refractivity contribution in [3.8, 4) is 0 Å². The molecule has 1 amide bonds. The number of anilines is 2. The molecule has 20 heavy (non-hydrogen) atoms. The maximum atomic E-state index is 13.2. The summed E-state index contributed by atoms with van der Waals surface area (Å²) in [5.74, 6) is -0.528. The molecule has 0 aromatic heterocycles. The normalized spacial score (nSPS) is 10.6. The molecule has 0 fully saturated rings. The number of carbonyl (C=O) groups is 1. The molecule has 2 aromatic rings. The van der Waals surface area contributed by atoms with Crippen LogP contribution in [0.3, 0.4) is 0 Å². The largest absolute Gasteiger partial charge is 0.399 e. The van der Waals surface area contributed by atoms with Gasteiger partial charge in [0, 0.05) is 16.9 Å². The number of amides is 1. The van der Waals surface area contributed by atoms with Crippen molar-refractivity contribution in [1.82, 2.24) is 0 Å². The van der Waals surface area contributed by atoms with Gasteiger partial charge >= 0.3 is 0 Å². The Kier molecular flexibility index (Phi) is 4.03. The van der Waals surface area contributed by atoms with Gasteiger partial charge in [-0.1, -0.05) is 26.0 Å². The van der Waals surface area contributed by atoms with Crippen LogP contribution in [0.5, 0.6) is 0 Å². The van der Waals surface area contributed by atoms with E-state index in [4.69, 9.17) is 5.73 Å². The molecule has 3 N–H and O–H groups in total. The van der Waals surface area contributed by atoms with Gasteiger partial charge in [0.2, 0.25) is 0 Å². The molecule has 0 aliphatic carbocycles. The number of benzene rings is 2. The maximum Gasteiger partial charge on any atom is 0.255 e. The van der Waals surface area contributed by atoms with E-state index in [0.29, 0.717) is 11.6 Å². The van der Waals surface area contributed by atoms with E-state index in [1.807, 2.05) is 18.2 Å². The third-order valence-corrected chi connectivity index (χ3v) is 2.99. The van der Waals surface area contributed by atoms with E-state index < -0.39 is 5.82 Å². The Labute approximate surface area is 117 Å². The van der Waals surface area contributed by atoms with Crippen molar-refractivity contribution in [3.63, 3.8) is 0 Å². The molecule has 0 heterocycles. The average molecular weight is 272 g/mol. The molecule has 2 rings (SSSR count). The lowest BCUT2D eigenvalue weighted by atomic mass is 10.0. The van der Waals surface area contributed by atoms with Crippen molar-refractivity contribution in [3.05, 3.63) is 59.4 Å². The van der Waals surface area contributed by atoms with Crippen LogP contribution in [-0.2, 0) is 0 Å². The molecule has 0 aliphatic heterocycles. The Morgan fingerprint density at radius 2 is 1.95 bits per heavy atom. The number of nitrogens with one attached hydrogen (secondary N) is 1. The quantitative estimate of drug-likeness (QED) is 0.835. The van der Waals surface area contributed by atoms with Crippen molar-refractivity contribution in [2.75, 3.05) is 11.1 Å². The number of hydrogen-bond donors (Lipinski definition) is 2. The van der Waals surface area contributed by atoms with Crippen LogP contribution < -0.4 is 11.1 Å². The zero-order valence-electron chi connectivity index (χ0n) is 11.5. The number of carbonyl (C=O) groups excluding carboxylic acids is 1. The summed E-state index contributed by atoms with van der Waals surface area (Å²) < 4.78 is 13.2. The van der Waals surface area contributed by atoms with Crippen molar-refractivity contribution in [2.45, 2.75) is 19.8 Å². The van der Waals surface area contributed by atoms with Crippen molar-refractivity contribution >= 4 is 17.3 Å². The fraction of sp³-hybridized carbons (Fsp3) is 0.188. The molecular formula is C16H17FN2O. The molecule has 2 aromatic carbocycles. The monoisotopic (exact) mass is 272 g/mol. The number of nitrogen functional groups attached to an aromatic ring is 1. The minimum Gasteiger partial charge on any atom is -0.399 e. The van der Waals surface area contributed by atoms with Gasteiger partial charge in [-0.25, -0.2) is 4.39 Å². The van der Waals surface area contributed by atoms with Crippen molar-refractivity contribution < 1.29 is 9.18 Å². The molecule has 0 radical (unpaired) electrons. The molecule has 4 heteroatoms. The summed E-state index contributed by atoms with van der Waals surface area (Å²) in [6, 6.07) is 11.4. The molecule has 0 saturated carbocycles. The summed E-state index contributed by atoms with van der Waals surface area (Å²) in [6.45, 7) is 4.16. The number of halogens is 1. The van der Waals surface area contributed by atoms with Crippen LogP contribution in [0, 0.1) is 5.82 Å². The molecular weight excluding hydrogens is 255 g/mol.